The standard InChI is InChI=1S/C14H12ClN7S/c15-10-6-11(19-13(16)18-10)23-14-21-20-12(22(14)9-3-4-9)8-2-1-5-17-7-8/h1-2,5-7,9H,3-4H2,(H2,16,18,19). The zero-order chi connectivity index (χ0) is 15.8. The highest BCUT2D eigenvalue weighted by molar-refractivity contribution is 7.99. The zero-order valence-corrected chi connectivity index (χ0v) is 13.5. The number of nitrogens with zero attached hydrogens (tertiary/aromatic N) is 6. The fourth-order valence-corrected chi connectivity index (χ4v) is 3.43. The van der Waals surface area contributed by atoms with Crippen molar-refractivity contribution in [2.24, 2.45) is 0 Å². The lowest BCUT2D eigenvalue weighted by Crippen LogP contribution is -2.01. The van der Waals surface area contributed by atoms with Crippen LogP contribution < -0.4 is 5.73 Å². The van der Waals surface area contributed by atoms with Crippen molar-refractivity contribution < 1.29 is 0 Å². The van der Waals surface area contributed by atoms with Gasteiger partial charge in [-0.3, -0.25) is 9.55 Å². The molecule has 3 aromatic rings. The number of hydrogen-bond acceptors (Lipinski definition) is 7. The van der Waals surface area contributed by atoms with Crippen LogP contribution in [0.2, 0.25) is 5.15 Å². The maximum absolute atomic E-state index is 5.94. The number of nitrogens with two attached hydrogens (primary N) is 1. The van der Waals surface area contributed by atoms with Gasteiger partial charge >= 0.3 is 0 Å². The summed E-state index contributed by atoms with van der Waals surface area (Å²) in [5, 5.41) is 10.4. The predicted molar refractivity (Wildman–Crippen MR) is 87.1 cm³/mol. The highest BCUT2D eigenvalue weighted by atomic mass is 35.5. The molecule has 0 spiro atoms. The fraction of sp³-hybridized carbons (Fsp3) is 0.214. The molecule has 4 rings (SSSR count). The lowest BCUT2D eigenvalue weighted by atomic mass is 10.3. The van der Waals surface area contributed by atoms with Crippen molar-refractivity contribution in [1.29, 1.82) is 0 Å². The molecule has 7 nitrogen and oxygen atoms in total. The molecule has 3 aromatic heterocycles. The molecule has 1 aliphatic carbocycles. The van der Waals surface area contributed by atoms with E-state index in [9.17, 15) is 0 Å². The number of aromatic nitrogens is 6. The van der Waals surface area contributed by atoms with Crippen LogP contribution in [0.25, 0.3) is 11.4 Å². The van der Waals surface area contributed by atoms with E-state index in [1.54, 1.807) is 18.5 Å². The lowest BCUT2D eigenvalue weighted by molar-refractivity contribution is 0.668. The highest BCUT2D eigenvalue weighted by Gasteiger charge is 2.30. The van der Waals surface area contributed by atoms with Gasteiger partial charge in [0.25, 0.3) is 0 Å². The molecule has 0 aliphatic heterocycles. The van der Waals surface area contributed by atoms with Crippen LogP contribution in [-0.4, -0.2) is 29.7 Å². The Hall–Kier alpha value is -2.19. The summed E-state index contributed by atoms with van der Waals surface area (Å²) in [5.41, 5.74) is 6.59. The van der Waals surface area contributed by atoms with Crippen molar-refractivity contribution in [2.75, 3.05) is 5.73 Å². The first kappa shape index (κ1) is 14.4. The fourth-order valence-electron chi connectivity index (χ4n) is 2.26. The normalized spacial score (nSPS) is 14.1. The monoisotopic (exact) mass is 345 g/mol. The van der Waals surface area contributed by atoms with Gasteiger partial charge in [-0.05, 0) is 36.7 Å². The number of nitrogen functional groups attached to an aromatic ring is 1. The molecular weight excluding hydrogens is 334 g/mol. The van der Waals surface area contributed by atoms with Crippen LogP contribution >= 0.6 is 23.4 Å². The smallest absolute Gasteiger partial charge is 0.222 e. The second-order valence-corrected chi connectivity index (χ2v) is 6.51. The summed E-state index contributed by atoms with van der Waals surface area (Å²) in [4.78, 5) is 12.2. The molecule has 0 saturated heterocycles. The van der Waals surface area contributed by atoms with Crippen LogP contribution in [0.5, 0.6) is 0 Å². The van der Waals surface area contributed by atoms with Crippen molar-refractivity contribution in [2.45, 2.75) is 29.1 Å². The van der Waals surface area contributed by atoms with E-state index in [1.807, 2.05) is 12.1 Å². The SMILES string of the molecule is Nc1nc(Cl)cc(Sc2nnc(-c3cccnc3)n2C2CC2)n1. The molecule has 0 aromatic carbocycles. The van der Waals surface area contributed by atoms with Gasteiger partial charge in [-0.1, -0.05) is 11.6 Å². The molecule has 0 radical (unpaired) electrons. The number of pyridine rings is 1. The average Bonchev–Trinajstić information content (AvgIpc) is 3.28. The van der Waals surface area contributed by atoms with Crippen molar-refractivity contribution in [3.8, 4) is 11.4 Å². The van der Waals surface area contributed by atoms with Gasteiger partial charge in [0.05, 0.1) is 0 Å². The molecule has 2 N–H and O–H groups in total. The quantitative estimate of drug-likeness (QED) is 0.726. The van der Waals surface area contributed by atoms with Crippen LogP contribution in [0.15, 0.2) is 40.8 Å². The molecule has 0 bridgehead atoms. The van der Waals surface area contributed by atoms with Gasteiger partial charge in [-0.25, -0.2) is 9.97 Å². The maximum Gasteiger partial charge on any atom is 0.222 e. The Morgan fingerprint density at radius 1 is 1.26 bits per heavy atom. The van der Waals surface area contributed by atoms with Gasteiger partial charge in [0.2, 0.25) is 5.95 Å². The minimum Gasteiger partial charge on any atom is -0.368 e. The zero-order valence-electron chi connectivity index (χ0n) is 11.9. The van der Waals surface area contributed by atoms with E-state index < -0.39 is 0 Å². The van der Waals surface area contributed by atoms with Crippen LogP contribution in [0.1, 0.15) is 18.9 Å². The maximum atomic E-state index is 5.94. The Bertz CT molecular complexity index is 827. The number of hydrogen-bond donors (Lipinski definition) is 1. The minimum absolute atomic E-state index is 0.143. The summed E-state index contributed by atoms with van der Waals surface area (Å²) in [6, 6.07) is 5.94. The van der Waals surface area contributed by atoms with E-state index in [-0.39, 0.29) is 5.95 Å². The first-order valence-corrected chi connectivity index (χ1v) is 8.23. The summed E-state index contributed by atoms with van der Waals surface area (Å²) in [7, 11) is 0. The number of anilines is 1. The molecule has 0 atom stereocenters. The Morgan fingerprint density at radius 2 is 2.13 bits per heavy atom. The third-order valence-electron chi connectivity index (χ3n) is 3.38. The van der Waals surface area contributed by atoms with Crippen LogP contribution in [0, 0.1) is 0 Å². The lowest BCUT2D eigenvalue weighted by Gasteiger charge is -2.08. The summed E-state index contributed by atoms with van der Waals surface area (Å²) in [6.45, 7) is 0. The van der Waals surface area contributed by atoms with E-state index in [4.69, 9.17) is 17.3 Å². The van der Waals surface area contributed by atoms with Gasteiger partial charge in [0.15, 0.2) is 11.0 Å². The molecule has 0 amide bonds. The Kier molecular flexibility index (Phi) is 3.62. The van der Waals surface area contributed by atoms with Crippen LogP contribution in [-0.2, 0) is 0 Å². The number of halogens is 1. The highest BCUT2D eigenvalue weighted by Crippen LogP contribution is 2.42. The van der Waals surface area contributed by atoms with Crippen LogP contribution in [0.3, 0.4) is 0 Å². The second kappa shape index (κ2) is 5.78. The Balaban J connectivity index is 1.73. The molecular formula is C14H12ClN7S. The van der Waals surface area contributed by atoms with E-state index >= 15 is 0 Å². The van der Waals surface area contributed by atoms with Crippen molar-refractivity contribution in [3.63, 3.8) is 0 Å². The van der Waals surface area contributed by atoms with Gasteiger partial charge in [0, 0.05) is 30.1 Å². The average molecular weight is 346 g/mol. The van der Waals surface area contributed by atoms with Gasteiger partial charge in [-0.2, -0.15) is 0 Å². The summed E-state index contributed by atoms with van der Waals surface area (Å²) in [5.74, 6) is 0.959. The van der Waals surface area contributed by atoms with E-state index in [2.05, 4.69) is 29.7 Å². The van der Waals surface area contributed by atoms with Crippen molar-refractivity contribution in [1.82, 2.24) is 29.7 Å². The minimum atomic E-state index is 0.143. The van der Waals surface area contributed by atoms with Crippen molar-refractivity contribution in [3.05, 3.63) is 35.7 Å². The molecule has 1 aliphatic rings. The largest absolute Gasteiger partial charge is 0.368 e. The first-order chi connectivity index (χ1) is 11.2. The molecule has 1 fully saturated rings. The van der Waals surface area contributed by atoms with E-state index in [0.717, 1.165) is 29.4 Å². The number of rotatable bonds is 4. The van der Waals surface area contributed by atoms with Crippen LogP contribution in [0.4, 0.5) is 5.95 Å². The van der Waals surface area contributed by atoms with Gasteiger partial charge in [0.1, 0.15) is 10.2 Å². The molecule has 116 valence electrons. The van der Waals surface area contributed by atoms with Gasteiger partial charge < -0.3 is 5.73 Å². The predicted octanol–water partition coefficient (Wildman–Crippen LogP) is 2.85. The first-order valence-electron chi connectivity index (χ1n) is 7.04. The Morgan fingerprint density at radius 3 is 2.83 bits per heavy atom. The summed E-state index contributed by atoms with van der Waals surface area (Å²) in [6.07, 6.45) is 5.76. The molecule has 9 heteroatoms. The topological polar surface area (TPSA) is 95.4 Å². The molecule has 0 unspecified atom stereocenters. The third-order valence-corrected chi connectivity index (χ3v) is 4.45. The van der Waals surface area contributed by atoms with Gasteiger partial charge in [-0.15, -0.1) is 10.2 Å². The van der Waals surface area contributed by atoms with E-state index in [1.165, 1.54) is 11.8 Å². The summed E-state index contributed by atoms with van der Waals surface area (Å²) < 4.78 is 2.13. The third kappa shape index (κ3) is 2.99. The molecule has 23 heavy (non-hydrogen) atoms. The van der Waals surface area contributed by atoms with Crippen molar-refractivity contribution >= 4 is 29.3 Å². The summed E-state index contributed by atoms with van der Waals surface area (Å²) >= 11 is 7.32. The molecule has 1 saturated carbocycles. The Labute approximate surface area is 141 Å². The second-order valence-electron chi connectivity index (χ2n) is 5.14. The van der Waals surface area contributed by atoms with E-state index in [0.29, 0.717) is 16.2 Å². The molecule has 3 heterocycles.